The van der Waals surface area contributed by atoms with Gasteiger partial charge in [0.25, 0.3) is 0 Å². The molecule has 0 aliphatic carbocycles. The predicted molar refractivity (Wildman–Crippen MR) is 75.6 cm³/mol. The Bertz CT molecular complexity index is 486. The molecule has 4 nitrogen and oxygen atoms in total. The minimum atomic E-state index is -0.288. The Morgan fingerprint density at radius 1 is 1.44 bits per heavy atom. The average Bonchev–Trinajstić information content (AvgIpc) is 2.28. The topological polar surface area (TPSA) is 72.2 Å². The van der Waals surface area contributed by atoms with Crippen LogP contribution in [0.1, 0.15) is 30.6 Å². The maximum Gasteiger partial charge on any atom is 0.227 e. The van der Waals surface area contributed by atoms with E-state index < -0.39 is 0 Å². The van der Waals surface area contributed by atoms with Gasteiger partial charge in [-0.1, -0.05) is 31.3 Å². The summed E-state index contributed by atoms with van der Waals surface area (Å²) in [6.45, 7) is 3.24. The van der Waals surface area contributed by atoms with Crippen LogP contribution in [0, 0.1) is 5.92 Å². The molecule has 5 heteroatoms. The van der Waals surface area contributed by atoms with Gasteiger partial charge in [-0.15, -0.1) is 0 Å². The zero-order chi connectivity index (χ0) is 13.7. The molecular formula is C13H16N2O2S. The summed E-state index contributed by atoms with van der Waals surface area (Å²) in [6.07, 6.45) is 0.369. The quantitative estimate of drug-likeness (QED) is 0.631. The molecule has 0 spiro atoms. The van der Waals surface area contributed by atoms with Gasteiger partial charge in [0.15, 0.2) is 5.78 Å². The van der Waals surface area contributed by atoms with Crippen LogP contribution < -0.4 is 11.1 Å². The van der Waals surface area contributed by atoms with E-state index in [1.807, 2.05) is 0 Å². The van der Waals surface area contributed by atoms with Gasteiger partial charge in [0, 0.05) is 23.6 Å². The molecule has 0 saturated heterocycles. The van der Waals surface area contributed by atoms with Gasteiger partial charge in [-0.25, -0.2) is 0 Å². The fourth-order valence-electron chi connectivity index (χ4n) is 1.48. The molecule has 18 heavy (non-hydrogen) atoms. The van der Waals surface area contributed by atoms with Gasteiger partial charge in [0.05, 0.1) is 4.99 Å². The van der Waals surface area contributed by atoms with Crippen molar-refractivity contribution in [1.29, 1.82) is 0 Å². The van der Waals surface area contributed by atoms with Crippen molar-refractivity contribution in [3.63, 3.8) is 0 Å². The smallest absolute Gasteiger partial charge is 0.227 e. The Balaban J connectivity index is 2.72. The summed E-state index contributed by atoms with van der Waals surface area (Å²) >= 11 is 4.76. The van der Waals surface area contributed by atoms with Crippen LogP contribution in [0.4, 0.5) is 5.69 Å². The maximum atomic E-state index is 11.8. The van der Waals surface area contributed by atoms with Crippen molar-refractivity contribution in [1.82, 2.24) is 0 Å². The molecule has 3 N–H and O–H groups in total. The summed E-state index contributed by atoms with van der Waals surface area (Å²) in [5.74, 6) is -0.491. The number of amides is 1. The van der Waals surface area contributed by atoms with Crippen molar-refractivity contribution in [2.75, 3.05) is 5.32 Å². The van der Waals surface area contributed by atoms with Gasteiger partial charge in [-0.2, -0.15) is 0 Å². The van der Waals surface area contributed by atoms with E-state index in [9.17, 15) is 9.59 Å². The van der Waals surface area contributed by atoms with Gasteiger partial charge < -0.3 is 11.1 Å². The number of carbonyl (C=O) groups is 2. The van der Waals surface area contributed by atoms with E-state index in [1.54, 1.807) is 31.2 Å². The van der Waals surface area contributed by atoms with Crippen molar-refractivity contribution in [2.45, 2.75) is 20.3 Å². The summed E-state index contributed by atoms with van der Waals surface area (Å²) in [7, 11) is 0. The summed E-state index contributed by atoms with van der Waals surface area (Å²) in [6, 6.07) is 6.81. The monoisotopic (exact) mass is 264 g/mol. The number of ketones is 1. The zero-order valence-electron chi connectivity index (χ0n) is 10.4. The first-order valence-corrected chi connectivity index (χ1v) is 6.01. The van der Waals surface area contributed by atoms with Crippen molar-refractivity contribution in [3.05, 3.63) is 29.8 Å². The second-order valence-electron chi connectivity index (χ2n) is 4.20. The summed E-state index contributed by atoms with van der Waals surface area (Å²) < 4.78 is 0. The molecular weight excluding hydrogens is 248 g/mol. The summed E-state index contributed by atoms with van der Waals surface area (Å²) in [5.41, 5.74) is 6.56. The molecule has 0 fully saturated rings. The van der Waals surface area contributed by atoms with Crippen molar-refractivity contribution < 1.29 is 9.59 Å². The molecule has 1 atom stereocenters. The molecule has 1 aromatic carbocycles. The molecule has 0 heterocycles. The highest BCUT2D eigenvalue weighted by Gasteiger charge is 2.14. The first kappa shape index (κ1) is 14.3. The van der Waals surface area contributed by atoms with Crippen LogP contribution in [-0.2, 0) is 4.79 Å². The molecule has 0 saturated carbocycles. The Hall–Kier alpha value is -1.75. The lowest BCUT2D eigenvalue weighted by Gasteiger charge is -2.11. The largest absolute Gasteiger partial charge is 0.393 e. The fourth-order valence-corrected chi connectivity index (χ4v) is 1.73. The number of Topliss-reactive ketones (excluding diaryl/α,β-unsaturated/α-hetero) is 1. The maximum absolute atomic E-state index is 11.8. The lowest BCUT2D eigenvalue weighted by Crippen LogP contribution is -2.24. The third-order valence-corrected chi connectivity index (χ3v) is 2.66. The molecule has 0 aliphatic rings. The van der Waals surface area contributed by atoms with Gasteiger partial charge in [-0.05, 0) is 19.1 Å². The zero-order valence-corrected chi connectivity index (χ0v) is 11.2. The number of anilines is 1. The number of carbonyl (C=O) groups excluding carboxylic acids is 2. The predicted octanol–water partition coefficient (Wildman–Crippen LogP) is 2.14. The number of benzene rings is 1. The number of nitrogens with two attached hydrogens (primary N) is 1. The van der Waals surface area contributed by atoms with E-state index in [1.165, 1.54) is 6.92 Å². The lowest BCUT2D eigenvalue weighted by atomic mass is 10.1. The molecule has 1 amide bonds. The standard InChI is InChI=1S/C13H16N2O2S/c1-8(6-12(14)18)13(17)15-11-5-3-4-10(7-11)9(2)16/h3-5,7-8H,6H2,1-2H3,(H2,14,18)(H,15,17). The van der Waals surface area contributed by atoms with E-state index in [0.29, 0.717) is 22.7 Å². The molecule has 0 radical (unpaired) electrons. The highest BCUT2D eigenvalue weighted by molar-refractivity contribution is 7.80. The number of hydrogen-bond donors (Lipinski definition) is 2. The first-order chi connectivity index (χ1) is 8.40. The Morgan fingerprint density at radius 2 is 2.11 bits per heavy atom. The van der Waals surface area contributed by atoms with Crippen LogP contribution in [-0.4, -0.2) is 16.7 Å². The number of thiocarbonyl (C=S) groups is 1. The molecule has 1 rings (SSSR count). The summed E-state index contributed by atoms with van der Waals surface area (Å²) in [5, 5.41) is 2.74. The highest BCUT2D eigenvalue weighted by Crippen LogP contribution is 2.13. The van der Waals surface area contributed by atoms with Crippen LogP contribution >= 0.6 is 12.2 Å². The van der Waals surface area contributed by atoms with Crippen molar-refractivity contribution >= 4 is 34.6 Å². The normalized spacial score (nSPS) is 11.7. The van der Waals surface area contributed by atoms with Gasteiger partial charge in [-0.3, -0.25) is 9.59 Å². The van der Waals surface area contributed by atoms with Crippen LogP contribution in [0.5, 0.6) is 0 Å². The fraction of sp³-hybridized carbons (Fsp3) is 0.308. The summed E-state index contributed by atoms with van der Waals surface area (Å²) in [4.78, 5) is 23.3. The highest BCUT2D eigenvalue weighted by atomic mass is 32.1. The number of hydrogen-bond acceptors (Lipinski definition) is 3. The number of rotatable bonds is 5. The van der Waals surface area contributed by atoms with Crippen molar-refractivity contribution in [2.24, 2.45) is 11.7 Å². The Morgan fingerprint density at radius 3 is 2.67 bits per heavy atom. The van der Waals surface area contributed by atoms with E-state index in [-0.39, 0.29) is 17.6 Å². The van der Waals surface area contributed by atoms with Crippen LogP contribution in [0.15, 0.2) is 24.3 Å². The first-order valence-electron chi connectivity index (χ1n) is 5.60. The number of nitrogens with one attached hydrogen (secondary N) is 1. The van der Waals surface area contributed by atoms with Crippen LogP contribution in [0.25, 0.3) is 0 Å². The second kappa shape index (κ2) is 6.26. The van der Waals surface area contributed by atoms with E-state index >= 15 is 0 Å². The molecule has 96 valence electrons. The third kappa shape index (κ3) is 4.25. The average molecular weight is 264 g/mol. The van der Waals surface area contributed by atoms with E-state index in [0.717, 1.165) is 0 Å². The molecule has 1 aromatic rings. The Kier molecular flexibility index (Phi) is 4.97. The lowest BCUT2D eigenvalue weighted by molar-refractivity contribution is -0.119. The van der Waals surface area contributed by atoms with E-state index in [4.69, 9.17) is 18.0 Å². The minimum Gasteiger partial charge on any atom is -0.393 e. The van der Waals surface area contributed by atoms with Gasteiger partial charge >= 0.3 is 0 Å². The van der Waals surface area contributed by atoms with Crippen LogP contribution in [0.2, 0.25) is 0 Å². The van der Waals surface area contributed by atoms with Crippen LogP contribution in [0.3, 0.4) is 0 Å². The second-order valence-corrected chi connectivity index (χ2v) is 4.72. The van der Waals surface area contributed by atoms with E-state index in [2.05, 4.69) is 5.32 Å². The minimum absolute atomic E-state index is 0.0396. The SMILES string of the molecule is CC(=O)c1cccc(NC(=O)C(C)CC(N)=S)c1. The molecule has 0 bridgehead atoms. The van der Waals surface area contributed by atoms with Gasteiger partial charge in [0.2, 0.25) is 5.91 Å². The molecule has 0 aromatic heterocycles. The molecule has 0 aliphatic heterocycles. The third-order valence-electron chi connectivity index (χ3n) is 2.49. The molecule has 1 unspecified atom stereocenters. The van der Waals surface area contributed by atoms with Gasteiger partial charge in [0.1, 0.15) is 0 Å². The Labute approximate surface area is 112 Å². The van der Waals surface area contributed by atoms with Crippen molar-refractivity contribution in [3.8, 4) is 0 Å².